The molecule has 2 rings (SSSR count). The molecule has 1 amide bonds. The topological polar surface area (TPSA) is 53.4 Å². The monoisotopic (exact) mass is 248 g/mol. The maximum absolute atomic E-state index is 12.2. The SMILES string of the molecule is O=C(Cc1ccncc1)N1CCCC1CCCO. The highest BCUT2D eigenvalue weighted by atomic mass is 16.3. The predicted molar refractivity (Wildman–Crippen MR) is 69.0 cm³/mol. The first-order valence-corrected chi connectivity index (χ1v) is 6.60. The van der Waals surface area contributed by atoms with E-state index in [1.54, 1.807) is 12.4 Å². The summed E-state index contributed by atoms with van der Waals surface area (Å²) in [5.41, 5.74) is 1.02. The number of rotatable bonds is 5. The molecule has 1 aromatic rings. The van der Waals surface area contributed by atoms with E-state index in [2.05, 4.69) is 4.98 Å². The number of aliphatic hydroxyl groups excluding tert-OH is 1. The standard InChI is InChI=1S/C14H20N2O2/c17-10-2-4-13-3-1-9-16(13)14(18)11-12-5-7-15-8-6-12/h5-8,13,17H,1-4,9-11H2. The van der Waals surface area contributed by atoms with E-state index in [1.165, 1.54) is 0 Å². The fraction of sp³-hybridized carbons (Fsp3) is 0.571. The Labute approximate surface area is 108 Å². The van der Waals surface area contributed by atoms with Crippen LogP contribution in [0.1, 0.15) is 31.2 Å². The lowest BCUT2D eigenvalue weighted by Crippen LogP contribution is -2.36. The molecule has 2 heterocycles. The summed E-state index contributed by atoms with van der Waals surface area (Å²) < 4.78 is 0. The van der Waals surface area contributed by atoms with Gasteiger partial charge in [-0.1, -0.05) is 0 Å². The van der Waals surface area contributed by atoms with Crippen molar-refractivity contribution in [3.05, 3.63) is 30.1 Å². The summed E-state index contributed by atoms with van der Waals surface area (Å²) in [5, 5.41) is 8.88. The Morgan fingerprint density at radius 2 is 2.22 bits per heavy atom. The van der Waals surface area contributed by atoms with Gasteiger partial charge in [-0.05, 0) is 43.4 Å². The maximum Gasteiger partial charge on any atom is 0.227 e. The van der Waals surface area contributed by atoms with Crippen molar-refractivity contribution in [1.29, 1.82) is 0 Å². The third-order valence-electron chi connectivity index (χ3n) is 3.50. The van der Waals surface area contributed by atoms with Gasteiger partial charge in [-0.2, -0.15) is 0 Å². The van der Waals surface area contributed by atoms with Crippen LogP contribution in [0.4, 0.5) is 0 Å². The summed E-state index contributed by atoms with van der Waals surface area (Å²) >= 11 is 0. The van der Waals surface area contributed by atoms with Crippen LogP contribution in [0, 0.1) is 0 Å². The largest absolute Gasteiger partial charge is 0.396 e. The van der Waals surface area contributed by atoms with Crippen molar-refractivity contribution in [2.24, 2.45) is 0 Å². The number of carbonyl (C=O) groups excluding carboxylic acids is 1. The van der Waals surface area contributed by atoms with E-state index in [0.29, 0.717) is 12.5 Å². The molecule has 1 aliphatic rings. The smallest absolute Gasteiger partial charge is 0.227 e. The molecule has 1 aromatic heterocycles. The molecule has 0 spiro atoms. The number of pyridine rings is 1. The first-order valence-electron chi connectivity index (χ1n) is 6.60. The average Bonchev–Trinajstić information content (AvgIpc) is 2.86. The molecule has 1 fully saturated rings. The van der Waals surface area contributed by atoms with E-state index in [4.69, 9.17) is 5.11 Å². The van der Waals surface area contributed by atoms with Crippen LogP contribution in [0.2, 0.25) is 0 Å². The van der Waals surface area contributed by atoms with Gasteiger partial charge in [0, 0.05) is 31.6 Å². The Bertz CT molecular complexity index is 381. The number of aliphatic hydroxyl groups is 1. The first-order chi connectivity index (χ1) is 8.81. The average molecular weight is 248 g/mol. The van der Waals surface area contributed by atoms with Gasteiger partial charge in [0.1, 0.15) is 0 Å². The number of aromatic nitrogens is 1. The van der Waals surface area contributed by atoms with Gasteiger partial charge in [-0.15, -0.1) is 0 Å². The lowest BCUT2D eigenvalue weighted by molar-refractivity contribution is -0.131. The molecule has 98 valence electrons. The molecule has 0 radical (unpaired) electrons. The van der Waals surface area contributed by atoms with Gasteiger partial charge in [-0.25, -0.2) is 0 Å². The molecule has 4 nitrogen and oxygen atoms in total. The Kier molecular flexibility index (Phi) is 4.70. The molecular weight excluding hydrogens is 228 g/mol. The summed E-state index contributed by atoms with van der Waals surface area (Å²) in [6.45, 7) is 1.07. The minimum atomic E-state index is 0.196. The van der Waals surface area contributed by atoms with Crippen LogP contribution < -0.4 is 0 Å². The highest BCUT2D eigenvalue weighted by Gasteiger charge is 2.27. The molecular formula is C14H20N2O2. The fourth-order valence-corrected chi connectivity index (χ4v) is 2.57. The first kappa shape index (κ1) is 13.0. The predicted octanol–water partition coefficient (Wildman–Crippen LogP) is 1.39. The third-order valence-corrected chi connectivity index (χ3v) is 3.50. The molecule has 4 heteroatoms. The van der Waals surface area contributed by atoms with E-state index in [-0.39, 0.29) is 12.5 Å². The molecule has 1 aliphatic heterocycles. The number of hydrogen-bond acceptors (Lipinski definition) is 3. The van der Waals surface area contributed by atoms with Crippen LogP contribution in [-0.4, -0.2) is 40.1 Å². The van der Waals surface area contributed by atoms with Crippen LogP contribution in [-0.2, 0) is 11.2 Å². The van der Waals surface area contributed by atoms with Crippen molar-refractivity contribution < 1.29 is 9.90 Å². The Morgan fingerprint density at radius 3 is 2.94 bits per heavy atom. The van der Waals surface area contributed by atoms with Crippen molar-refractivity contribution >= 4 is 5.91 Å². The van der Waals surface area contributed by atoms with Gasteiger partial charge in [-0.3, -0.25) is 9.78 Å². The summed E-state index contributed by atoms with van der Waals surface area (Å²) in [4.78, 5) is 18.2. The van der Waals surface area contributed by atoms with Gasteiger partial charge >= 0.3 is 0 Å². The van der Waals surface area contributed by atoms with Crippen LogP contribution in [0.5, 0.6) is 0 Å². The van der Waals surface area contributed by atoms with E-state index in [1.807, 2.05) is 17.0 Å². The second-order valence-corrected chi connectivity index (χ2v) is 4.78. The van der Waals surface area contributed by atoms with Crippen molar-refractivity contribution in [2.75, 3.05) is 13.2 Å². The summed E-state index contributed by atoms with van der Waals surface area (Å²) in [5.74, 6) is 0.196. The van der Waals surface area contributed by atoms with E-state index >= 15 is 0 Å². The number of nitrogens with zero attached hydrogens (tertiary/aromatic N) is 2. The van der Waals surface area contributed by atoms with E-state index in [0.717, 1.165) is 37.8 Å². The van der Waals surface area contributed by atoms with Crippen molar-refractivity contribution in [3.63, 3.8) is 0 Å². The number of likely N-dealkylation sites (tertiary alicyclic amines) is 1. The Balaban J connectivity index is 1.91. The Morgan fingerprint density at radius 1 is 1.44 bits per heavy atom. The lowest BCUT2D eigenvalue weighted by atomic mass is 10.1. The minimum Gasteiger partial charge on any atom is -0.396 e. The number of hydrogen-bond donors (Lipinski definition) is 1. The van der Waals surface area contributed by atoms with Crippen LogP contribution in [0.25, 0.3) is 0 Å². The molecule has 1 unspecified atom stereocenters. The van der Waals surface area contributed by atoms with Crippen LogP contribution in [0.3, 0.4) is 0 Å². The van der Waals surface area contributed by atoms with Gasteiger partial charge in [0.2, 0.25) is 5.91 Å². The molecule has 18 heavy (non-hydrogen) atoms. The fourth-order valence-electron chi connectivity index (χ4n) is 2.57. The molecule has 0 bridgehead atoms. The quantitative estimate of drug-likeness (QED) is 0.856. The van der Waals surface area contributed by atoms with Gasteiger partial charge in [0.15, 0.2) is 0 Å². The van der Waals surface area contributed by atoms with Gasteiger partial charge in [0.05, 0.1) is 6.42 Å². The normalized spacial score (nSPS) is 19.2. The summed E-state index contributed by atoms with van der Waals surface area (Å²) in [6, 6.07) is 4.10. The molecule has 1 saturated heterocycles. The van der Waals surface area contributed by atoms with Crippen molar-refractivity contribution in [2.45, 2.75) is 38.1 Å². The third kappa shape index (κ3) is 3.29. The molecule has 0 aliphatic carbocycles. The zero-order chi connectivity index (χ0) is 12.8. The van der Waals surface area contributed by atoms with Crippen molar-refractivity contribution in [1.82, 2.24) is 9.88 Å². The highest BCUT2D eigenvalue weighted by Crippen LogP contribution is 2.22. The second-order valence-electron chi connectivity index (χ2n) is 4.78. The second kappa shape index (κ2) is 6.50. The maximum atomic E-state index is 12.2. The van der Waals surface area contributed by atoms with Crippen LogP contribution >= 0.6 is 0 Å². The van der Waals surface area contributed by atoms with E-state index in [9.17, 15) is 4.79 Å². The van der Waals surface area contributed by atoms with Gasteiger partial charge in [0.25, 0.3) is 0 Å². The zero-order valence-corrected chi connectivity index (χ0v) is 10.6. The van der Waals surface area contributed by atoms with Crippen LogP contribution in [0.15, 0.2) is 24.5 Å². The Hall–Kier alpha value is -1.42. The molecule has 1 atom stereocenters. The lowest BCUT2D eigenvalue weighted by Gasteiger charge is -2.24. The summed E-state index contributed by atoms with van der Waals surface area (Å²) in [6.07, 6.45) is 7.74. The number of carbonyl (C=O) groups is 1. The minimum absolute atomic E-state index is 0.196. The molecule has 0 aromatic carbocycles. The highest BCUT2D eigenvalue weighted by molar-refractivity contribution is 5.79. The van der Waals surface area contributed by atoms with Crippen molar-refractivity contribution in [3.8, 4) is 0 Å². The van der Waals surface area contributed by atoms with Gasteiger partial charge < -0.3 is 10.0 Å². The molecule has 0 saturated carbocycles. The number of amides is 1. The molecule has 1 N–H and O–H groups in total. The van der Waals surface area contributed by atoms with E-state index < -0.39 is 0 Å². The summed E-state index contributed by atoms with van der Waals surface area (Å²) in [7, 11) is 0. The zero-order valence-electron chi connectivity index (χ0n) is 10.6.